The quantitative estimate of drug-likeness (QED) is 0.474. The fourth-order valence-corrected chi connectivity index (χ4v) is 3.13. The van der Waals surface area contributed by atoms with Gasteiger partial charge in [-0.1, -0.05) is 35.0 Å². The van der Waals surface area contributed by atoms with Crippen molar-refractivity contribution in [3.63, 3.8) is 0 Å². The molecule has 1 saturated heterocycles. The first kappa shape index (κ1) is 18.6. The largest absolute Gasteiger partial charge is 0.349 e. The lowest BCUT2D eigenvalue weighted by Gasteiger charge is -2.50. The molecule has 1 aliphatic rings. The van der Waals surface area contributed by atoms with Gasteiger partial charge in [0.1, 0.15) is 0 Å². The summed E-state index contributed by atoms with van der Waals surface area (Å²) in [5.74, 6) is -0.896. The number of β-lactam (4-membered cyclic amide) rings is 1. The van der Waals surface area contributed by atoms with Crippen LogP contribution in [0, 0.1) is 0 Å². The molecular weight excluding hydrogens is 372 g/mol. The minimum atomic E-state index is -1.44. The van der Waals surface area contributed by atoms with Crippen LogP contribution in [-0.2, 0) is 9.59 Å². The van der Waals surface area contributed by atoms with Gasteiger partial charge in [-0.2, -0.15) is 0 Å². The molecule has 1 fully saturated rings. The molecule has 1 aromatic rings. The number of halogens is 1. The molecule has 0 aliphatic carbocycles. The number of ketones is 1. The molecule has 5 nitrogen and oxygen atoms in total. The Morgan fingerprint density at radius 2 is 1.83 bits per heavy atom. The Kier molecular flexibility index (Phi) is 5.18. The number of rotatable bonds is 5. The summed E-state index contributed by atoms with van der Waals surface area (Å²) in [6.45, 7) is 7.87. The number of likely N-dealkylation sites (tertiary alicyclic amines) is 1. The van der Waals surface area contributed by atoms with E-state index < -0.39 is 17.0 Å². The minimum Gasteiger partial charge on any atom is -0.349 e. The highest BCUT2D eigenvalue weighted by atomic mass is 79.9. The zero-order valence-electron chi connectivity index (χ0n) is 14.5. The second-order valence-corrected chi connectivity index (χ2v) is 8.04. The van der Waals surface area contributed by atoms with Crippen molar-refractivity contribution >= 4 is 33.5 Å². The van der Waals surface area contributed by atoms with Gasteiger partial charge in [-0.3, -0.25) is 14.4 Å². The SMILES string of the molecule is CCCN1C(=O)CC1(C(=O)NC(C)(C)C)C(=O)c1ccc(Br)cc1. The average molecular weight is 395 g/mol. The van der Waals surface area contributed by atoms with Crippen molar-refractivity contribution in [1.82, 2.24) is 10.2 Å². The van der Waals surface area contributed by atoms with Crippen LogP contribution >= 0.6 is 15.9 Å². The molecule has 0 radical (unpaired) electrons. The van der Waals surface area contributed by atoms with Crippen molar-refractivity contribution in [3.8, 4) is 0 Å². The number of amides is 2. The van der Waals surface area contributed by atoms with Crippen molar-refractivity contribution in [2.45, 2.75) is 51.6 Å². The fraction of sp³-hybridized carbons (Fsp3) is 0.500. The normalized spacial score (nSPS) is 20.5. The molecule has 130 valence electrons. The number of benzene rings is 1. The first-order chi connectivity index (χ1) is 11.1. The average Bonchev–Trinajstić information content (AvgIpc) is 2.48. The molecule has 2 amide bonds. The topological polar surface area (TPSA) is 66.5 Å². The van der Waals surface area contributed by atoms with Crippen LogP contribution in [0.3, 0.4) is 0 Å². The molecular formula is C18H23BrN2O3. The first-order valence-electron chi connectivity index (χ1n) is 8.05. The maximum atomic E-state index is 13.1. The van der Waals surface area contributed by atoms with E-state index in [1.165, 1.54) is 4.90 Å². The highest BCUT2D eigenvalue weighted by Gasteiger charge is 2.61. The van der Waals surface area contributed by atoms with Gasteiger partial charge in [0.05, 0.1) is 6.42 Å². The molecule has 0 saturated carbocycles. The summed E-state index contributed by atoms with van der Waals surface area (Å²) in [5.41, 5.74) is -1.50. The number of nitrogens with zero attached hydrogens (tertiary/aromatic N) is 1. The van der Waals surface area contributed by atoms with Gasteiger partial charge in [0.25, 0.3) is 5.91 Å². The Balaban J connectivity index is 2.43. The highest BCUT2D eigenvalue weighted by Crippen LogP contribution is 2.36. The van der Waals surface area contributed by atoms with E-state index >= 15 is 0 Å². The monoisotopic (exact) mass is 394 g/mol. The van der Waals surface area contributed by atoms with Crippen LogP contribution in [0.1, 0.15) is 50.9 Å². The lowest BCUT2D eigenvalue weighted by molar-refractivity contribution is -0.161. The van der Waals surface area contributed by atoms with Crippen molar-refractivity contribution in [1.29, 1.82) is 0 Å². The summed E-state index contributed by atoms with van der Waals surface area (Å²) >= 11 is 3.34. The van der Waals surface area contributed by atoms with Crippen LogP contribution in [0.4, 0.5) is 0 Å². The van der Waals surface area contributed by atoms with Crippen molar-refractivity contribution in [2.24, 2.45) is 0 Å². The number of carbonyl (C=O) groups excluding carboxylic acids is 3. The summed E-state index contributed by atoms with van der Waals surface area (Å²) in [4.78, 5) is 39.6. The third-order valence-electron chi connectivity index (χ3n) is 3.96. The summed E-state index contributed by atoms with van der Waals surface area (Å²) in [6.07, 6.45) is 0.605. The third-order valence-corrected chi connectivity index (χ3v) is 4.49. The maximum absolute atomic E-state index is 13.1. The van der Waals surface area contributed by atoms with Gasteiger partial charge < -0.3 is 10.2 Å². The number of carbonyl (C=O) groups is 3. The number of Topliss-reactive ketones (excluding diaryl/α,β-unsaturated/α-hetero) is 1. The minimum absolute atomic E-state index is 0.0796. The van der Waals surface area contributed by atoms with Crippen molar-refractivity contribution in [2.75, 3.05) is 6.54 Å². The van der Waals surface area contributed by atoms with E-state index in [0.717, 1.165) is 4.47 Å². The molecule has 0 spiro atoms. The highest BCUT2D eigenvalue weighted by molar-refractivity contribution is 9.10. The summed E-state index contributed by atoms with van der Waals surface area (Å²) in [6, 6.07) is 6.86. The van der Waals surface area contributed by atoms with E-state index in [1.807, 2.05) is 27.7 Å². The van der Waals surface area contributed by atoms with Gasteiger partial charge in [0.15, 0.2) is 11.3 Å². The van der Waals surface area contributed by atoms with Gasteiger partial charge in [-0.05, 0) is 39.3 Å². The zero-order chi connectivity index (χ0) is 18.1. The van der Waals surface area contributed by atoms with Crippen LogP contribution in [0.2, 0.25) is 0 Å². The molecule has 24 heavy (non-hydrogen) atoms. The van der Waals surface area contributed by atoms with Crippen LogP contribution in [-0.4, -0.2) is 40.1 Å². The molecule has 2 rings (SSSR count). The van der Waals surface area contributed by atoms with Gasteiger partial charge >= 0.3 is 0 Å². The van der Waals surface area contributed by atoms with Crippen LogP contribution < -0.4 is 5.32 Å². The van der Waals surface area contributed by atoms with Crippen LogP contribution in [0.5, 0.6) is 0 Å². The van der Waals surface area contributed by atoms with Gasteiger partial charge in [-0.15, -0.1) is 0 Å². The predicted octanol–water partition coefficient (Wildman–Crippen LogP) is 2.93. The molecule has 1 atom stereocenters. The molecule has 1 aliphatic heterocycles. The smallest absolute Gasteiger partial charge is 0.255 e. The Morgan fingerprint density at radius 3 is 2.29 bits per heavy atom. The van der Waals surface area contributed by atoms with Crippen LogP contribution in [0.15, 0.2) is 28.7 Å². The molecule has 0 aromatic heterocycles. The Hall–Kier alpha value is -1.69. The molecule has 1 heterocycles. The van der Waals surface area contributed by atoms with E-state index in [-0.39, 0.29) is 18.1 Å². The molecule has 6 heteroatoms. The van der Waals surface area contributed by atoms with Gasteiger partial charge in [0, 0.05) is 22.1 Å². The van der Waals surface area contributed by atoms with Crippen molar-refractivity contribution in [3.05, 3.63) is 34.3 Å². The number of nitrogens with one attached hydrogen (secondary N) is 1. The van der Waals surface area contributed by atoms with E-state index in [4.69, 9.17) is 0 Å². The predicted molar refractivity (Wildman–Crippen MR) is 95.7 cm³/mol. The zero-order valence-corrected chi connectivity index (χ0v) is 16.1. The molecule has 1 N–H and O–H groups in total. The molecule has 1 unspecified atom stereocenters. The Labute approximate surface area is 150 Å². The van der Waals surface area contributed by atoms with E-state index in [2.05, 4.69) is 21.2 Å². The first-order valence-corrected chi connectivity index (χ1v) is 8.84. The maximum Gasteiger partial charge on any atom is 0.255 e. The summed E-state index contributed by atoms with van der Waals surface area (Å²) < 4.78 is 0.849. The summed E-state index contributed by atoms with van der Waals surface area (Å²) in [5, 5.41) is 2.87. The second-order valence-electron chi connectivity index (χ2n) is 7.12. The van der Waals surface area contributed by atoms with Gasteiger partial charge in [-0.25, -0.2) is 0 Å². The van der Waals surface area contributed by atoms with Crippen molar-refractivity contribution < 1.29 is 14.4 Å². The Bertz CT molecular complexity index is 664. The lowest BCUT2D eigenvalue weighted by atomic mass is 9.75. The number of hydrogen-bond donors (Lipinski definition) is 1. The molecule has 1 aromatic carbocycles. The second kappa shape index (κ2) is 6.67. The van der Waals surface area contributed by atoms with E-state index in [0.29, 0.717) is 18.5 Å². The van der Waals surface area contributed by atoms with E-state index in [9.17, 15) is 14.4 Å². The van der Waals surface area contributed by atoms with E-state index in [1.54, 1.807) is 24.3 Å². The van der Waals surface area contributed by atoms with Gasteiger partial charge in [0.2, 0.25) is 5.91 Å². The summed E-state index contributed by atoms with van der Waals surface area (Å²) in [7, 11) is 0. The molecule has 0 bridgehead atoms. The third kappa shape index (κ3) is 3.38. The number of hydrogen-bond acceptors (Lipinski definition) is 3. The van der Waals surface area contributed by atoms with Crippen LogP contribution in [0.25, 0.3) is 0 Å². The Morgan fingerprint density at radius 1 is 1.25 bits per heavy atom. The fourth-order valence-electron chi connectivity index (χ4n) is 2.86. The standard InChI is InChI=1S/C18H23BrN2O3/c1-5-10-21-14(22)11-18(21,16(24)20-17(2,3)4)15(23)12-6-8-13(19)9-7-12/h6-9H,5,10-11H2,1-4H3,(H,20,24). The lowest BCUT2D eigenvalue weighted by Crippen LogP contribution is -2.75.